The summed E-state index contributed by atoms with van der Waals surface area (Å²) in [5, 5.41) is 21.3. The van der Waals surface area contributed by atoms with Crippen LogP contribution >= 0.6 is 0 Å². The van der Waals surface area contributed by atoms with Crippen molar-refractivity contribution in [3.8, 4) is 11.8 Å². The number of aromatic nitrogens is 1. The highest BCUT2D eigenvalue weighted by Crippen LogP contribution is 2.18. The Morgan fingerprint density at radius 2 is 1.79 bits per heavy atom. The Morgan fingerprint density at radius 3 is 2.41 bits per heavy atom. The first-order chi connectivity index (χ1) is 13.9. The largest absolute Gasteiger partial charge is 0.478 e. The lowest BCUT2D eigenvalue weighted by Crippen LogP contribution is -2.14. The topological polar surface area (TPSA) is 95.1 Å². The summed E-state index contributed by atoms with van der Waals surface area (Å²) in [5.74, 6) is -1.50. The van der Waals surface area contributed by atoms with Gasteiger partial charge >= 0.3 is 5.97 Å². The molecule has 0 saturated heterocycles. The van der Waals surface area contributed by atoms with Crippen molar-refractivity contribution >= 4 is 23.6 Å². The Balaban J connectivity index is 1.87. The van der Waals surface area contributed by atoms with E-state index in [1.54, 1.807) is 41.1 Å². The second kappa shape index (κ2) is 8.28. The maximum absolute atomic E-state index is 12.6. The lowest BCUT2D eigenvalue weighted by Gasteiger charge is -2.09. The molecule has 0 atom stereocenters. The summed E-state index contributed by atoms with van der Waals surface area (Å²) in [6.45, 7) is 3.94. The van der Waals surface area contributed by atoms with Gasteiger partial charge in [-0.15, -0.1) is 0 Å². The highest BCUT2D eigenvalue weighted by molar-refractivity contribution is 6.09. The van der Waals surface area contributed by atoms with Crippen LogP contribution in [0.25, 0.3) is 11.8 Å². The van der Waals surface area contributed by atoms with Crippen molar-refractivity contribution in [2.75, 3.05) is 5.32 Å². The number of benzene rings is 2. The SMILES string of the molecule is Cc1ccc(NC(=O)/C(C#N)=C\c2cccn2-c2ccc(C(=O)O)cc2)cc1C. The monoisotopic (exact) mass is 385 g/mol. The normalized spacial score (nSPS) is 11.0. The third-order valence-electron chi connectivity index (χ3n) is 4.59. The molecule has 3 rings (SSSR count). The third-order valence-corrected chi connectivity index (χ3v) is 4.59. The Labute approximate surface area is 168 Å². The Hall–Kier alpha value is -4.11. The smallest absolute Gasteiger partial charge is 0.335 e. The number of rotatable bonds is 5. The van der Waals surface area contributed by atoms with Gasteiger partial charge in [0.2, 0.25) is 0 Å². The van der Waals surface area contributed by atoms with Crippen LogP contribution in [-0.2, 0) is 4.79 Å². The molecule has 6 nitrogen and oxygen atoms in total. The molecule has 0 unspecified atom stereocenters. The number of carboxylic acid groups (broad SMARTS) is 1. The first kappa shape index (κ1) is 19.6. The van der Waals surface area contributed by atoms with Crippen LogP contribution in [0.3, 0.4) is 0 Å². The number of nitrogens with one attached hydrogen (secondary N) is 1. The standard InChI is InChI=1S/C23H19N3O3/c1-15-5-8-19(12-16(15)2)25-22(27)18(14-24)13-21-4-3-11-26(21)20-9-6-17(7-10-20)23(28)29/h3-13H,1-2H3,(H,25,27)(H,28,29)/b18-13-. The van der Waals surface area contributed by atoms with E-state index < -0.39 is 11.9 Å². The highest BCUT2D eigenvalue weighted by atomic mass is 16.4. The van der Waals surface area contributed by atoms with E-state index in [1.165, 1.54) is 18.2 Å². The summed E-state index contributed by atoms with van der Waals surface area (Å²) in [6, 6.07) is 17.4. The molecule has 1 amide bonds. The molecule has 0 aliphatic heterocycles. The molecule has 0 bridgehead atoms. The number of hydrogen-bond acceptors (Lipinski definition) is 3. The molecule has 0 radical (unpaired) electrons. The predicted octanol–water partition coefficient (Wildman–Crippen LogP) is 4.34. The van der Waals surface area contributed by atoms with Gasteiger partial charge in [0, 0.05) is 23.3 Å². The number of nitrogens with zero attached hydrogens (tertiary/aromatic N) is 2. The number of carbonyl (C=O) groups excluding carboxylic acids is 1. The average molecular weight is 385 g/mol. The number of hydrogen-bond donors (Lipinski definition) is 2. The third kappa shape index (κ3) is 4.42. The van der Waals surface area contributed by atoms with Crippen LogP contribution in [0, 0.1) is 25.2 Å². The zero-order valence-electron chi connectivity index (χ0n) is 16.0. The molecule has 144 valence electrons. The number of amides is 1. The number of anilines is 1. The van der Waals surface area contributed by atoms with Crippen molar-refractivity contribution in [1.29, 1.82) is 5.26 Å². The molecule has 0 aliphatic rings. The quantitative estimate of drug-likeness (QED) is 0.504. The second-order valence-corrected chi connectivity index (χ2v) is 6.58. The minimum atomic E-state index is -1.00. The summed E-state index contributed by atoms with van der Waals surface area (Å²) < 4.78 is 1.77. The van der Waals surface area contributed by atoms with Crippen LogP contribution < -0.4 is 5.32 Å². The molecule has 1 aromatic heterocycles. The molecule has 1 heterocycles. The van der Waals surface area contributed by atoms with Gasteiger partial charge in [-0.3, -0.25) is 4.79 Å². The van der Waals surface area contributed by atoms with E-state index in [2.05, 4.69) is 5.32 Å². The van der Waals surface area contributed by atoms with Crippen molar-refractivity contribution in [2.45, 2.75) is 13.8 Å². The number of carboxylic acids is 1. The molecule has 3 aromatic rings. The molecule has 6 heteroatoms. The van der Waals surface area contributed by atoms with Crippen LogP contribution in [0.15, 0.2) is 66.4 Å². The summed E-state index contributed by atoms with van der Waals surface area (Å²) in [4.78, 5) is 23.6. The lowest BCUT2D eigenvalue weighted by molar-refractivity contribution is -0.112. The van der Waals surface area contributed by atoms with Crippen LogP contribution in [0.5, 0.6) is 0 Å². The van der Waals surface area contributed by atoms with Gasteiger partial charge in [-0.25, -0.2) is 4.79 Å². The van der Waals surface area contributed by atoms with E-state index in [4.69, 9.17) is 5.11 Å². The molecular formula is C23H19N3O3. The van der Waals surface area contributed by atoms with Crippen LogP contribution in [0.4, 0.5) is 5.69 Å². The van der Waals surface area contributed by atoms with Gasteiger partial charge < -0.3 is 15.0 Å². The number of aromatic carboxylic acids is 1. The molecule has 0 saturated carbocycles. The molecule has 0 aliphatic carbocycles. The molecule has 2 N–H and O–H groups in total. The molecule has 0 spiro atoms. The molecular weight excluding hydrogens is 366 g/mol. The van der Waals surface area contributed by atoms with E-state index in [-0.39, 0.29) is 11.1 Å². The molecule has 0 fully saturated rings. The van der Waals surface area contributed by atoms with Gasteiger partial charge in [0.15, 0.2) is 0 Å². The van der Waals surface area contributed by atoms with E-state index in [0.29, 0.717) is 11.4 Å². The second-order valence-electron chi connectivity index (χ2n) is 6.58. The van der Waals surface area contributed by atoms with Gasteiger partial charge in [0.1, 0.15) is 11.6 Å². The minimum absolute atomic E-state index is 0.0367. The Kier molecular flexibility index (Phi) is 5.61. The summed E-state index contributed by atoms with van der Waals surface area (Å²) in [7, 11) is 0. The fraction of sp³-hybridized carbons (Fsp3) is 0.0870. The maximum atomic E-state index is 12.6. The summed E-state index contributed by atoms with van der Waals surface area (Å²) in [6.07, 6.45) is 3.28. The van der Waals surface area contributed by atoms with E-state index >= 15 is 0 Å². The van der Waals surface area contributed by atoms with Crippen molar-refractivity contribution in [3.05, 3.63) is 88.8 Å². The fourth-order valence-corrected chi connectivity index (χ4v) is 2.83. The first-order valence-electron chi connectivity index (χ1n) is 8.90. The van der Waals surface area contributed by atoms with Crippen molar-refractivity contribution in [2.24, 2.45) is 0 Å². The van der Waals surface area contributed by atoms with Crippen molar-refractivity contribution in [3.63, 3.8) is 0 Å². The van der Waals surface area contributed by atoms with Crippen molar-refractivity contribution in [1.82, 2.24) is 4.57 Å². The number of aryl methyl sites for hydroxylation is 2. The zero-order chi connectivity index (χ0) is 21.0. The fourth-order valence-electron chi connectivity index (χ4n) is 2.83. The van der Waals surface area contributed by atoms with Crippen LogP contribution in [-0.4, -0.2) is 21.6 Å². The van der Waals surface area contributed by atoms with E-state index in [1.807, 2.05) is 32.0 Å². The lowest BCUT2D eigenvalue weighted by atomic mass is 10.1. The number of carbonyl (C=O) groups is 2. The predicted molar refractivity (Wildman–Crippen MR) is 111 cm³/mol. The van der Waals surface area contributed by atoms with Gasteiger partial charge in [0.25, 0.3) is 5.91 Å². The van der Waals surface area contributed by atoms with Crippen LogP contribution in [0.2, 0.25) is 0 Å². The average Bonchev–Trinajstić information content (AvgIpc) is 3.17. The Morgan fingerprint density at radius 1 is 1.07 bits per heavy atom. The first-order valence-corrected chi connectivity index (χ1v) is 8.90. The summed E-state index contributed by atoms with van der Waals surface area (Å²) >= 11 is 0. The highest BCUT2D eigenvalue weighted by Gasteiger charge is 2.12. The van der Waals surface area contributed by atoms with Gasteiger partial charge in [-0.1, -0.05) is 6.07 Å². The van der Waals surface area contributed by atoms with Gasteiger partial charge in [-0.05, 0) is 79.6 Å². The minimum Gasteiger partial charge on any atom is -0.478 e. The summed E-state index contributed by atoms with van der Waals surface area (Å²) in [5.41, 5.74) is 4.28. The molecule has 29 heavy (non-hydrogen) atoms. The Bertz CT molecular complexity index is 1150. The van der Waals surface area contributed by atoms with Gasteiger partial charge in [-0.2, -0.15) is 5.26 Å². The maximum Gasteiger partial charge on any atom is 0.335 e. The van der Waals surface area contributed by atoms with E-state index in [9.17, 15) is 14.9 Å². The van der Waals surface area contributed by atoms with Crippen molar-refractivity contribution < 1.29 is 14.7 Å². The number of nitriles is 1. The van der Waals surface area contributed by atoms with E-state index in [0.717, 1.165) is 16.8 Å². The van der Waals surface area contributed by atoms with Crippen LogP contribution in [0.1, 0.15) is 27.2 Å². The van der Waals surface area contributed by atoms with Gasteiger partial charge in [0.05, 0.1) is 5.56 Å². The zero-order valence-corrected chi connectivity index (χ0v) is 16.0. The molecule has 2 aromatic carbocycles.